The molecule has 3 aliphatic rings. The lowest BCUT2D eigenvalue weighted by atomic mass is 10.0. The fourth-order valence-corrected chi connectivity index (χ4v) is 4.62. The number of fused-ring (bicyclic) bond motifs is 4. The number of amidine groups is 2. The highest BCUT2D eigenvalue weighted by molar-refractivity contribution is 6.13. The average molecular weight is 473 g/mol. The Kier molecular flexibility index (Phi) is 6.66. The monoisotopic (exact) mass is 472 g/mol. The van der Waals surface area contributed by atoms with Gasteiger partial charge in [0.05, 0.1) is 26.3 Å². The van der Waals surface area contributed by atoms with Crippen LogP contribution in [0.15, 0.2) is 81.2 Å². The molecule has 8 nitrogen and oxygen atoms in total. The summed E-state index contributed by atoms with van der Waals surface area (Å²) in [5.41, 5.74) is 1.85. The minimum atomic E-state index is -0.490. The largest absolute Gasteiger partial charge is 0.460 e. The molecule has 182 valence electrons. The number of carbonyl (C=O) groups excluding carboxylic acids is 1. The zero-order valence-corrected chi connectivity index (χ0v) is 20.4. The van der Waals surface area contributed by atoms with E-state index in [1.165, 1.54) is 0 Å². The number of nitrogens with zero attached hydrogens (tertiary/aromatic N) is 5. The van der Waals surface area contributed by atoms with Gasteiger partial charge in [0.2, 0.25) is 0 Å². The van der Waals surface area contributed by atoms with E-state index in [1.807, 2.05) is 55.3 Å². The van der Waals surface area contributed by atoms with E-state index in [0.29, 0.717) is 26.3 Å². The van der Waals surface area contributed by atoms with Gasteiger partial charge in [0, 0.05) is 24.0 Å². The lowest BCUT2D eigenvalue weighted by Crippen LogP contribution is -2.61. The summed E-state index contributed by atoms with van der Waals surface area (Å²) in [4.78, 5) is 25.8. The molecule has 1 aromatic heterocycles. The molecule has 1 fully saturated rings. The zero-order valence-electron chi connectivity index (χ0n) is 20.4. The number of nitrogens with one attached hydrogen (secondary N) is 1. The smallest absolute Gasteiger partial charge is 0.263 e. The topological polar surface area (TPSA) is 76.7 Å². The molecule has 0 radical (unpaired) electrons. The van der Waals surface area contributed by atoms with Gasteiger partial charge in [0.15, 0.2) is 0 Å². The van der Waals surface area contributed by atoms with Crippen LogP contribution in [0.25, 0.3) is 11.0 Å². The van der Waals surface area contributed by atoms with Crippen LogP contribution in [0.5, 0.6) is 0 Å². The zero-order chi connectivity index (χ0) is 24.4. The number of carbonyl (C=O) groups is 1. The van der Waals surface area contributed by atoms with E-state index < -0.39 is 6.04 Å². The third-order valence-corrected chi connectivity index (χ3v) is 6.50. The Morgan fingerprint density at radius 2 is 2.11 bits per heavy atom. The number of rotatable bonds is 5. The van der Waals surface area contributed by atoms with Crippen molar-refractivity contribution in [2.45, 2.75) is 26.4 Å². The molecule has 2 aromatic rings. The van der Waals surface area contributed by atoms with Gasteiger partial charge in [-0.1, -0.05) is 62.9 Å². The maximum Gasteiger partial charge on any atom is 0.263 e. The molecule has 1 amide bonds. The number of hydrogen-bond acceptors (Lipinski definition) is 7. The van der Waals surface area contributed by atoms with Crippen molar-refractivity contribution in [3.05, 3.63) is 72.5 Å². The Morgan fingerprint density at radius 1 is 1.26 bits per heavy atom. The molecule has 1 unspecified atom stereocenters. The number of furan rings is 1. The standard InChI is InChI=1S/C27H32N6O2/c1-4-5-6-10-21-15-28-24-17-32-13-12-31(16-22-14-20-9-7-8-11-23(20)35-22)18-33(32)27(34)25(19(2)3)30-26(21)29-24/h4-11,14,19,25H,1,12-13,15-18H2,2-3H3,(H,28,29,30)/b6-5-,21-10+. The first kappa shape index (κ1) is 23.3. The summed E-state index contributed by atoms with van der Waals surface area (Å²) in [6.07, 6.45) is 7.51. The molecule has 2 bridgehead atoms. The van der Waals surface area contributed by atoms with Gasteiger partial charge in [-0.15, -0.1) is 0 Å². The summed E-state index contributed by atoms with van der Waals surface area (Å²) in [5.74, 6) is 2.53. The van der Waals surface area contributed by atoms with E-state index in [9.17, 15) is 4.79 Å². The average Bonchev–Trinajstić information content (AvgIpc) is 3.27. The van der Waals surface area contributed by atoms with Crippen LogP contribution in [0.3, 0.4) is 0 Å². The minimum absolute atomic E-state index is 0.0118. The van der Waals surface area contributed by atoms with Gasteiger partial charge in [0.25, 0.3) is 5.91 Å². The SMILES string of the molecule is C=C/C=C\C=C1/CN=C2CN3CCN(Cc4cc5ccccc5o4)CN3C(=O)C(C(C)C)N=C1N2. The molecular formula is C27H32N6O2. The molecule has 1 saturated heterocycles. The normalized spacial score (nSPS) is 23.1. The van der Waals surface area contributed by atoms with E-state index in [4.69, 9.17) is 14.4 Å². The summed E-state index contributed by atoms with van der Waals surface area (Å²) in [7, 11) is 0. The van der Waals surface area contributed by atoms with Gasteiger partial charge in [-0.3, -0.25) is 24.7 Å². The Bertz CT molecular complexity index is 1200. The van der Waals surface area contributed by atoms with Crippen LogP contribution in [0.1, 0.15) is 19.6 Å². The van der Waals surface area contributed by atoms with E-state index in [-0.39, 0.29) is 11.8 Å². The van der Waals surface area contributed by atoms with Crippen LogP contribution in [0, 0.1) is 5.92 Å². The van der Waals surface area contributed by atoms with Crippen LogP contribution < -0.4 is 5.32 Å². The van der Waals surface area contributed by atoms with Crippen molar-refractivity contribution < 1.29 is 9.21 Å². The molecule has 0 aliphatic carbocycles. The fraction of sp³-hybridized carbons (Fsp3) is 0.370. The molecule has 4 heterocycles. The quantitative estimate of drug-likeness (QED) is 0.676. The molecular weight excluding hydrogens is 440 g/mol. The molecule has 1 N–H and O–H groups in total. The van der Waals surface area contributed by atoms with Crippen molar-refractivity contribution in [3.8, 4) is 0 Å². The van der Waals surface area contributed by atoms with E-state index in [0.717, 1.165) is 47.1 Å². The summed E-state index contributed by atoms with van der Waals surface area (Å²) < 4.78 is 6.04. The third kappa shape index (κ3) is 4.99. The molecule has 1 aromatic carbocycles. The first-order valence-electron chi connectivity index (χ1n) is 12.1. The molecule has 5 rings (SSSR count). The summed E-state index contributed by atoms with van der Waals surface area (Å²) in [6, 6.07) is 9.62. The number of amides is 1. The number of para-hydroxylation sites is 1. The minimum Gasteiger partial charge on any atom is -0.460 e. The Labute approximate surface area is 206 Å². The van der Waals surface area contributed by atoms with Crippen molar-refractivity contribution in [1.29, 1.82) is 0 Å². The van der Waals surface area contributed by atoms with Crippen molar-refractivity contribution in [2.75, 3.05) is 32.8 Å². The Morgan fingerprint density at radius 3 is 2.91 bits per heavy atom. The molecule has 3 aliphatic heterocycles. The number of aliphatic imine (C=N–C) groups is 2. The first-order valence-corrected chi connectivity index (χ1v) is 12.1. The fourth-order valence-electron chi connectivity index (χ4n) is 4.62. The van der Waals surface area contributed by atoms with Crippen LogP contribution >= 0.6 is 0 Å². The predicted molar refractivity (Wildman–Crippen MR) is 139 cm³/mol. The van der Waals surface area contributed by atoms with E-state index >= 15 is 0 Å². The highest BCUT2D eigenvalue weighted by Crippen LogP contribution is 2.23. The summed E-state index contributed by atoms with van der Waals surface area (Å²) in [6.45, 7) is 11.6. The first-order chi connectivity index (χ1) is 17.0. The van der Waals surface area contributed by atoms with Gasteiger partial charge in [-0.2, -0.15) is 0 Å². The van der Waals surface area contributed by atoms with Crippen molar-refractivity contribution >= 4 is 28.5 Å². The van der Waals surface area contributed by atoms with Gasteiger partial charge in [-0.05, 0) is 18.1 Å². The number of hydrazine groups is 1. The molecule has 35 heavy (non-hydrogen) atoms. The van der Waals surface area contributed by atoms with Gasteiger partial charge < -0.3 is 9.73 Å². The molecule has 0 spiro atoms. The molecule has 1 atom stereocenters. The van der Waals surface area contributed by atoms with Gasteiger partial charge in [0.1, 0.15) is 29.1 Å². The van der Waals surface area contributed by atoms with Crippen molar-refractivity contribution in [2.24, 2.45) is 15.9 Å². The maximum atomic E-state index is 13.8. The summed E-state index contributed by atoms with van der Waals surface area (Å²) >= 11 is 0. The van der Waals surface area contributed by atoms with Gasteiger partial charge >= 0.3 is 0 Å². The Balaban J connectivity index is 1.41. The lowest BCUT2D eigenvalue weighted by molar-refractivity contribution is -0.164. The third-order valence-electron chi connectivity index (χ3n) is 6.50. The number of allylic oxidation sites excluding steroid dienone is 4. The highest BCUT2D eigenvalue weighted by Gasteiger charge is 2.37. The second-order valence-electron chi connectivity index (χ2n) is 9.44. The maximum absolute atomic E-state index is 13.8. The molecule has 0 saturated carbocycles. The highest BCUT2D eigenvalue weighted by atomic mass is 16.3. The van der Waals surface area contributed by atoms with Crippen LogP contribution in [0.4, 0.5) is 0 Å². The van der Waals surface area contributed by atoms with E-state index in [1.54, 1.807) is 6.08 Å². The molecule has 8 heteroatoms. The second-order valence-corrected chi connectivity index (χ2v) is 9.44. The number of benzene rings is 1. The lowest BCUT2D eigenvalue weighted by Gasteiger charge is -2.44. The van der Waals surface area contributed by atoms with Crippen LogP contribution in [0.2, 0.25) is 0 Å². The predicted octanol–water partition coefficient (Wildman–Crippen LogP) is 3.36. The van der Waals surface area contributed by atoms with Gasteiger partial charge in [-0.25, -0.2) is 5.01 Å². The second kappa shape index (κ2) is 10.0. The number of hydrogen-bond donors (Lipinski definition) is 1. The van der Waals surface area contributed by atoms with Crippen LogP contribution in [-0.4, -0.2) is 71.4 Å². The van der Waals surface area contributed by atoms with Crippen LogP contribution in [-0.2, 0) is 11.3 Å². The summed E-state index contributed by atoms with van der Waals surface area (Å²) in [5, 5.41) is 8.45. The van der Waals surface area contributed by atoms with Crippen molar-refractivity contribution in [1.82, 2.24) is 20.2 Å². The van der Waals surface area contributed by atoms with Crippen molar-refractivity contribution in [3.63, 3.8) is 0 Å². The van der Waals surface area contributed by atoms with E-state index in [2.05, 4.69) is 33.9 Å². The Hall–Kier alpha value is -3.49.